The molecule has 0 aliphatic carbocycles. The van der Waals surface area contributed by atoms with Crippen LogP contribution in [0.4, 0.5) is 5.13 Å². The molecule has 7 nitrogen and oxygen atoms in total. The van der Waals surface area contributed by atoms with Crippen molar-refractivity contribution in [2.45, 2.75) is 6.42 Å². The van der Waals surface area contributed by atoms with Crippen LogP contribution >= 0.6 is 46.9 Å². The molecule has 1 amide bonds. The molecule has 3 rings (SSSR count). The summed E-state index contributed by atoms with van der Waals surface area (Å²) in [4.78, 5) is 21.5. The lowest BCUT2D eigenvalue weighted by Gasteiger charge is -2.21. The average molecular weight is 535 g/mol. The zero-order chi connectivity index (χ0) is 23.3. The minimum Gasteiger partial charge on any atom is -0.493 e. The largest absolute Gasteiger partial charge is 0.493 e. The number of hydrogen-bond acceptors (Lipinski definition) is 7. The van der Waals surface area contributed by atoms with E-state index in [2.05, 4.69) is 9.88 Å². The van der Waals surface area contributed by atoms with Crippen LogP contribution in [0.25, 0.3) is 10.2 Å². The predicted octanol–water partition coefficient (Wildman–Crippen LogP) is 5.41. The molecule has 0 radical (unpaired) electrons. The Labute approximate surface area is 213 Å². The maximum Gasteiger partial charge on any atom is 0.266 e. The van der Waals surface area contributed by atoms with Gasteiger partial charge in [-0.2, -0.15) is 0 Å². The Morgan fingerprint density at radius 1 is 1.03 bits per heavy atom. The van der Waals surface area contributed by atoms with Gasteiger partial charge in [0.15, 0.2) is 23.2 Å². The van der Waals surface area contributed by atoms with Gasteiger partial charge in [-0.05, 0) is 45.3 Å². The third kappa shape index (κ3) is 7.01. The number of anilines is 1. The van der Waals surface area contributed by atoms with E-state index in [-0.39, 0.29) is 24.9 Å². The first-order valence-corrected chi connectivity index (χ1v) is 11.4. The van der Waals surface area contributed by atoms with Crippen LogP contribution < -0.4 is 19.1 Å². The van der Waals surface area contributed by atoms with Gasteiger partial charge in [0.1, 0.15) is 5.75 Å². The summed E-state index contributed by atoms with van der Waals surface area (Å²) in [7, 11) is 7.15. The van der Waals surface area contributed by atoms with Crippen molar-refractivity contribution in [2.24, 2.45) is 0 Å². The first-order chi connectivity index (χ1) is 15.3. The molecule has 0 spiro atoms. The van der Waals surface area contributed by atoms with E-state index in [1.165, 1.54) is 11.3 Å². The predicted molar refractivity (Wildman–Crippen MR) is 137 cm³/mol. The smallest absolute Gasteiger partial charge is 0.266 e. The van der Waals surface area contributed by atoms with Gasteiger partial charge in [0.25, 0.3) is 5.91 Å². The molecule has 2 aromatic carbocycles. The van der Waals surface area contributed by atoms with Crippen LogP contribution in [0.2, 0.25) is 10.0 Å². The van der Waals surface area contributed by atoms with Crippen LogP contribution in [0, 0.1) is 0 Å². The molecule has 0 N–H and O–H groups in total. The second-order valence-electron chi connectivity index (χ2n) is 7.24. The number of amides is 1. The van der Waals surface area contributed by atoms with E-state index in [4.69, 9.17) is 37.4 Å². The molecule has 0 bridgehead atoms. The Kier molecular flexibility index (Phi) is 10.3. The third-order valence-corrected chi connectivity index (χ3v) is 6.22. The number of benzene rings is 2. The van der Waals surface area contributed by atoms with Gasteiger partial charge in [-0.3, -0.25) is 9.69 Å². The highest BCUT2D eigenvalue weighted by atomic mass is 35.5. The first-order valence-electron chi connectivity index (χ1n) is 9.88. The zero-order valence-electron chi connectivity index (χ0n) is 18.8. The molecule has 11 heteroatoms. The topological polar surface area (TPSA) is 64.1 Å². The van der Waals surface area contributed by atoms with Crippen LogP contribution in [0.15, 0.2) is 30.3 Å². The normalized spacial score (nSPS) is 10.8. The summed E-state index contributed by atoms with van der Waals surface area (Å²) >= 11 is 13.5. The number of thiazole rings is 1. The highest BCUT2D eigenvalue weighted by Crippen LogP contribution is 2.37. The van der Waals surface area contributed by atoms with Gasteiger partial charge in [0, 0.05) is 23.7 Å². The van der Waals surface area contributed by atoms with Crippen molar-refractivity contribution in [1.29, 1.82) is 0 Å². The van der Waals surface area contributed by atoms with Gasteiger partial charge in [0.2, 0.25) is 0 Å². The molecule has 0 aliphatic heterocycles. The molecule has 0 atom stereocenters. The van der Waals surface area contributed by atoms with E-state index in [1.54, 1.807) is 43.4 Å². The van der Waals surface area contributed by atoms with Crippen molar-refractivity contribution in [3.8, 4) is 17.2 Å². The standard InChI is InChI=1S/C22H25Cl2N3O4S.ClH/c1-26(2)8-5-9-27(21(28)13-31-17-7-6-14(23)10-15(17)24)22-25-16-11-18(29-3)19(30-4)12-20(16)32-22;/h6-7,10-12H,5,8-9,13H2,1-4H3;1H. The van der Waals surface area contributed by atoms with Crippen molar-refractivity contribution in [3.05, 3.63) is 40.4 Å². The Morgan fingerprint density at radius 3 is 2.36 bits per heavy atom. The summed E-state index contributed by atoms with van der Waals surface area (Å²) in [6.07, 6.45) is 0.781. The van der Waals surface area contributed by atoms with Crippen molar-refractivity contribution in [3.63, 3.8) is 0 Å². The maximum atomic E-state index is 13.1. The SMILES string of the molecule is COc1cc2nc(N(CCCN(C)C)C(=O)COc3ccc(Cl)cc3Cl)sc2cc1OC.Cl. The molecule has 0 saturated carbocycles. The quantitative estimate of drug-likeness (QED) is 0.347. The monoisotopic (exact) mass is 533 g/mol. The number of carbonyl (C=O) groups excluding carboxylic acids is 1. The number of aromatic nitrogens is 1. The van der Waals surface area contributed by atoms with Gasteiger partial charge in [0.05, 0.1) is 29.5 Å². The molecule has 3 aromatic rings. The maximum absolute atomic E-state index is 13.1. The number of halogens is 3. The summed E-state index contributed by atoms with van der Waals surface area (Å²) in [6.45, 7) is 1.16. The first kappa shape index (κ1) is 27.3. The summed E-state index contributed by atoms with van der Waals surface area (Å²) in [5, 5.41) is 1.44. The lowest BCUT2D eigenvalue weighted by atomic mass is 10.3. The minimum absolute atomic E-state index is 0. The van der Waals surface area contributed by atoms with E-state index in [0.717, 1.165) is 23.2 Å². The highest BCUT2D eigenvalue weighted by Gasteiger charge is 2.22. The van der Waals surface area contributed by atoms with Crippen molar-refractivity contribution >= 4 is 68.2 Å². The Balaban J connectivity index is 0.00000385. The molecule has 180 valence electrons. The number of ether oxygens (including phenoxy) is 3. The number of carbonyl (C=O) groups is 1. The van der Waals surface area contributed by atoms with Crippen LogP contribution in [-0.4, -0.2) is 63.8 Å². The number of hydrogen-bond donors (Lipinski definition) is 0. The fourth-order valence-electron chi connectivity index (χ4n) is 3.04. The van der Waals surface area contributed by atoms with Crippen molar-refractivity contribution in [1.82, 2.24) is 9.88 Å². The Bertz CT molecular complexity index is 1050. The highest BCUT2D eigenvalue weighted by molar-refractivity contribution is 7.22. The minimum atomic E-state index is -0.215. The van der Waals surface area contributed by atoms with Gasteiger partial charge in [-0.15, -0.1) is 12.4 Å². The summed E-state index contributed by atoms with van der Waals surface area (Å²) in [5.74, 6) is 1.38. The Morgan fingerprint density at radius 2 is 1.73 bits per heavy atom. The average Bonchev–Trinajstić information content (AvgIpc) is 3.17. The van der Waals surface area contributed by atoms with Crippen molar-refractivity contribution in [2.75, 3.05) is 52.9 Å². The van der Waals surface area contributed by atoms with E-state index in [0.29, 0.717) is 39.0 Å². The third-order valence-electron chi connectivity index (χ3n) is 4.65. The number of nitrogens with zero attached hydrogens (tertiary/aromatic N) is 3. The summed E-state index contributed by atoms with van der Waals surface area (Å²) < 4.78 is 17.3. The molecule has 0 aliphatic rings. The fraction of sp³-hybridized carbons (Fsp3) is 0.364. The lowest BCUT2D eigenvalue weighted by molar-refractivity contribution is -0.120. The van der Waals surface area contributed by atoms with Crippen LogP contribution in [0.3, 0.4) is 0 Å². The summed E-state index contributed by atoms with van der Waals surface area (Å²) in [5.41, 5.74) is 0.731. The van der Waals surface area contributed by atoms with E-state index < -0.39 is 0 Å². The molecule has 1 heterocycles. The van der Waals surface area contributed by atoms with E-state index in [1.807, 2.05) is 20.2 Å². The Hall–Kier alpha value is -1.97. The van der Waals surface area contributed by atoms with E-state index >= 15 is 0 Å². The molecule has 0 fully saturated rings. The number of rotatable bonds is 10. The molecule has 0 saturated heterocycles. The van der Waals surface area contributed by atoms with Gasteiger partial charge >= 0.3 is 0 Å². The number of methoxy groups -OCH3 is 2. The van der Waals surface area contributed by atoms with Crippen LogP contribution in [-0.2, 0) is 4.79 Å². The number of fused-ring (bicyclic) bond motifs is 1. The van der Waals surface area contributed by atoms with Crippen LogP contribution in [0.1, 0.15) is 6.42 Å². The molecular weight excluding hydrogens is 509 g/mol. The zero-order valence-corrected chi connectivity index (χ0v) is 21.9. The molecular formula is C22H26Cl3N3O4S. The molecule has 1 aromatic heterocycles. The lowest BCUT2D eigenvalue weighted by Crippen LogP contribution is -2.36. The molecule has 0 unspecified atom stereocenters. The second kappa shape index (κ2) is 12.5. The van der Waals surface area contributed by atoms with Gasteiger partial charge in [-0.1, -0.05) is 34.5 Å². The van der Waals surface area contributed by atoms with Gasteiger partial charge in [-0.25, -0.2) is 4.98 Å². The second-order valence-corrected chi connectivity index (χ2v) is 9.09. The van der Waals surface area contributed by atoms with Crippen molar-refractivity contribution < 1.29 is 19.0 Å². The fourth-order valence-corrected chi connectivity index (χ4v) is 4.52. The van der Waals surface area contributed by atoms with E-state index in [9.17, 15) is 4.79 Å². The molecule has 33 heavy (non-hydrogen) atoms. The summed E-state index contributed by atoms with van der Waals surface area (Å²) in [6, 6.07) is 8.55. The van der Waals surface area contributed by atoms with Crippen LogP contribution in [0.5, 0.6) is 17.2 Å². The van der Waals surface area contributed by atoms with Gasteiger partial charge < -0.3 is 19.1 Å².